The zero-order valence-electron chi connectivity index (χ0n) is 12.1. The van der Waals surface area contributed by atoms with Crippen molar-refractivity contribution in [1.29, 1.82) is 0 Å². The molecule has 0 aromatic heterocycles. The summed E-state index contributed by atoms with van der Waals surface area (Å²) in [4.78, 5) is 4.91. The van der Waals surface area contributed by atoms with Gasteiger partial charge in [-0.05, 0) is 51.6 Å². The standard InChI is InChI=1S/C15H24BrN3/c1-11-10-18(3)7-4-8-19(11)13-5-6-14(12(2)17)15(16)9-13/h5-6,9,11-12H,4,7-8,10,17H2,1-3H3/t11?,12-/m0/s1. The van der Waals surface area contributed by atoms with Gasteiger partial charge >= 0.3 is 0 Å². The summed E-state index contributed by atoms with van der Waals surface area (Å²) in [6.45, 7) is 7.74. The molecular weight excluding hydrogens is 302 g/mol. The topological polar surface area (TPSA) is 32.5 Å². The molecule has 4 heteroatoms. The van der Waals surface area contributed by atoms with Crippen LogP contribution in [0.1, 0.15) is 31.9 Å². The molecule has 106 valence electrons. The minimum absolute atomic E-state index is 0.0658. The third-order valence-corrected chi connectivity index (χ3v) is 4.54. The molecule has 1 saturated heterocycles. The van der Waals surface area contributed by atoms with Crippen molar-refractivity contribution >= 4 is 21.6 Å². The van der Waals surface area contributed by atoms with Gasteiger partial charge in [0.15, 0.2) is 0 Å². The molecule has 19 heavy (non-hydrogen) atoms. The highest BCUT2D eigenvalue weighted by Crippen LogP contribution is 2.29. The molecule has 0 amide bonds. The van der Waals surface area contributed by atoms with Crippen LogP contribution in [0.25, 0.3) is 0 Å². The molecular formula is C15H24BrN3. The van der Waals surface area contributed by atoms with Gasteiger partial charge < -0.3 is 15.5 Å². The van der Waals surface area contributed by atoms with Crippen molar-refractivity contribution in [2.75, 3.05) is 31.6 Å². The first-order valence-corrected chi connectivity index (χ1v) is 7.78. The van der Waals surface area contributed by atoms with Crippen molar-refractivity contribution in [1.82, 2.24) is 4.90 Å². The third-order valence-electron chi connectivity index (χ3n) is 3.85. The van der Waals surface area contributed by atoms with E-state index in [2.05, 4.69) is 57.9 Å². The van der Waals surface area contributed by atoms with Crippen LogP contribution < -0.4 is 10.6 Å². The van der Waals surface area contributed by atoms with Crippen LogP contribution in [0.3, 0.4) is 0 Å². The van der Waals surface area contributed by atoms with Crippen molar-refractivity contribution in [3.8, 4) is 0 Å². The SMILES string of the molecule is CC1CN(C)CCCN1c1ccc([C@H](C)N)c(Br)c1. The lowest BCUT2D eigenvalue weighted by Crippen LogP contribution is -2.37. The second kappa shape index (κ2) is 6.25. The molecule has 2 rings (SSSR count). The number of nitrogens with two attached hydrogens (primary N) is 1. The second-order valence-corrected chi connectivity index (χ2v) is 6.51. The molecule has 0 saturated carbocycles. The van der Waals surface area contributed by atoms with Gasteiger partial charge in [0.2, 0.25) is 0 Å². The third kappa shape index (κ3) is 3.50. The van der Waals surface area contributed by atoms with E-state index in [4.69, 9.17) is 5.73 Å². The first kappa shape index (κ1) is 14.8. The van der Waals surface area contributed by atoms with E-state index in [0.717, 1.165) is 17.6 Å². The average molecular weight is 326 g/mol. The molecule has 1 unspecified atom stereocenters. The van der Waals surface area contributed by atoms with Gasteiger partial charge in [-0.2, -0.15) is 0 Å². The molecule has 0 aliphatic carbocycles. The van der Waals surface area contributed by atoms with E-state index in [1.54, 1.807) is 0 Å². The Labute approximate surface area is 124 Å². The lowest BCUT2D eigenvalue weighted by Gasteiger charge is -2.30. The first-order chi connectivity index (χ1) is 8.99. The van der Waals surface area contributed by atoms with Crippen LogP contribution in [0.2, 0.25) is 0 Å². The molecule has 1 aliphatic rings. The minimum Gasteiger partial charge on any atom is -0.367 e. The summed E-state index contributed by atoms with van der Waals surface area (Å²) in [7, 11) is 2.20. The molecule has 2 atom stereocenters. The Morgan fingerprint density at radius 2 is 2.11 bits per heavy atom. The highest BCUT2D eigenvalue weighted by atomic mass is 79.9. The summed E-state index contributed by atoms with van der Waals surface area (Å²) in [5.41, 5.74) is 8.42. The fourth-order valence-electron chi connectivity index (χ4n) is 2.82. The predicted molar refractivity (Wildman–Crippen MR) is 85.7 cm³/mol. The van der Waals surface area contributed by atoms with Crippen LogP contribution in [0.5, 0.6) is 0 Å². The molecule has 2 N–H and O–H groups in total. The maximum Gasteiger partial charge on any atom is 0.0388 e. The van der Waals surface area contributed by atoms with E-state index in [1.165, 1.54) is 24.2 Å². The Hall–Kier alpha value is -0.580. The maximum atomic E-state index is 5.96. The summed E-state index contributed by atoms with van der Waals surface area (Å²) in [5, 5.41) is 0. The highest BCUT2D eigenvalue weighted by molar-refractivity contribution is 9.10. The quantitative estimate of drug-likeness (QED) is 0.907. The summed E-state index contributed by atoms with van der Waals surface area (Å²) in [6.07, 6.45) is 1.22. The Morgan fingerprint density at radius 1 is 1.37 bits per heavy atom. The van der Waals surface area contributed by atoms with E-state index in [-0.39, 0.29) is 6.04 Å². The molecule has 3 nitrogen and oxygen atoms in total. The molecule has 0 bridgehead atoms. The van der Waals surface area contributed by atoms with E-state index in [9.17, 15) is 0 Å². The van der Waals surface area contributed by atoms with Crippen LogP contribution in [0.15, 0.2) is 22.7 Å². The van der Waals surface area contributed by atoms with Gasteiger partial charge in [-0.1, -0.05) is 22.0 Å². The zero-order valence-corrected chi connectivity index (χ0v) is 13.7. The number of benzene rings is 1. The van der Waals surface area contributed by atoms with Crippen LogP contribution >= 0.6 is 15.9 Å². The molecule has 1 fully saturated rings. The van der Waals surface area contributed by atoms with Gasteiger partial charge in [0.05, 0.1) is 0 Å². The number of anilines is 1. The fourth-order valence-corrected chi connectivity index (χ4v) is 3.55. The lowest BCUT2D eigenvalue weighted by molar-refractivity contribution is 0.337. The molecule has 0 radical (unpaired) electrons. The van der Waals surface area contributed by atoms with Crippen molar-refractivity contribution in [3.63, 3.8) is 0 Å². The van der Waals surface area contributed by atoms with Crippen LogP contribution in [0.4, 0.5) is 5.69 Å². The van der Waals surface area contributed by atoms with Crippen molar-refractivity contribution in [2.45, 2.75) is 32.4 Å². The van der Waals surface area contributed by atoms with Crippen molar-refractivity contribution in [2.24, 2.45) is 5.73 Å². The van der Waals surface area contributed by atoms with Crippen LogP contribution in [0, 0.1) is 0 Å². The molecule has 1 aromatic rings. The van der Waals surface area contributed by atoms with Gasteiger partial charge in [0.1, 0.15) is 0 Å². The Kier molecular flexibility index (Phi) is 4.87. The van der Waals surface area contributed by atoms with Gasteiger partial charge in [-0.25, -0.2) is 0 Å². The molecule has 1 heterocycles. The highest BCUT2D eigenvalue weighted by Gasteiger charge is 2.20. The first-order valence-electron chi connectivity index (χ1n) is 6.99. The fraction of sp³-hybridized carbons (Fsp3) is 0.600. The Balaban J connectivity index is 2.23. The molecule has 1 aliphatic heterocycles. The van der Waals surface area contributed by atoms with E-state index in [1.807, 2.05) is 6.92 Å². The maximum absolute atomic E-state index is 5.96. The summed E-state index contributed by atoms with van der Waals surface area (Å²) < 4.78 is 1.12. The largest absolute Gasteiger partial charge is 0.367 e. The Bertz CT molecular complexity index is 433. The minimum atomic E-state index is 0.0658. The summed E-state index contributed by atoms with van der Waals surface area (Å²) >= 11 is 3.65. The number of rotatable bonds is 2. The van der Waals surface area contributed by atoms with Crippen LogP contribution in [-0.2, 0) is 0 Å². The summed E-state index contributed by atoms with van der Waals surface area (Å²) in [6, 6.07) is 7.16. The lowest BCUT2D eigenvalue weighted by atomic mass is 10.1. The van der Waals surface area contributed by atoms with Gasteiger partial charge in [-0.3, -0.25) is 0 Å². The van der Waals surface area contributed by atoms with Gasteiger partial charge in [-0.15, -0.1) is 0 Å². The number of likely N-dealkylation sites (N-methyl/N-ethyl adjacent to an activating group) is 1. The second-order valence-electron chi connectivity index (χ2n) is 5.65. The van der Waals surface area contributed by atoms with E-state index in [0.29, 0.717) is 6.04 Å². The predicted octanol–water partition coefficient (Wildman–Crippen LogP) is 3.00. The van der Waals surface area contributed by atoms with Crippen molar-refractivity contribution < 1.29 is 0 Å². The summed E-state index contributed by atoms with van der Waals surface area (Å²) in [5.74, 6) is 0. The van der Waals surface area contributed by atoms with E-state index >= 15 is 0 Å². The number of nitrogens with zero attached hydrogens (tertiary/aromatic N) is 2. The van der Waals surface area contributed by atoms with Gasteiger partial charge in [0, 0.05) is 35.3 Å². The van der Waals surface area contributed by atoms with E-state index < -0.39 is 0 Å². The number of hydrogen-bond acceptors (Lipinski definition) is 3. The van der Waals surface area contributed by atoms with Crippen LogP contribution in [-0.4, -0.2) is 37.6 Å². The number of hydrogen-bond donors (Lipinski definition) is 1. The molecule has 0 spiro atoms. The number of halogens is 1. The average Bonchev–Trinajstić information content (AvgIpc) is 2.49. The van der Waals surface area contributed by atoms with Gasteiger partial charge in [0.25, 0.3) is 0 Å². The van der Waals surface area contributed by atoms with Crippen molar-refractivity contribution in [3.05, 3.63) is 28.2 Å². The monoisotopic (exact) mass is 325 g/mol. The Morgan fingerprint density at radius 3 is 2.74 bits per heavy atom. The smallest absolute Gasteiger partial charge is 0.0388 e. The molecule has 1 aromatic carbocycles. The normalized spacial score (nSPS) is 23.2. The zero-order chi connectivity index (χ0) is 14.0.